The molecular weight excluding hydrogens is 234 g/mol. The van der Waals surface area contributed by atoms with Gasteiger partial charge in [-0.3, -0.25) is 0 Å². The highest BCUT2D eigenvalue weighted by molar-refractivity contribution is 5.78. The first-order valence-corrected chi connectivity index (χ1v) is 5.95. The predicted octanol–water partition coefficient (Wildman–Crippen LogP) is -0.244. The Morgan fingerprint density at radius 3 is 2.50 bits per heavy atom. The Labute approximate surface area is 103 Å². The van der Waals surface area contributed by atoms with E-state index in [-0.39, 0.29) is 0 Å². The molecule has 1 spiro atoms. The van der Waals surface area contributed by atoms with Crippen molar-refractivity contribution in [1.29, 1.82) is 0 Å². The summed E-state index contributed by atoms with van der Waals surface area (Å²) in [5.41, 5.74) is -0.349. The third-order valence-corrected chi connectivity index (χ3v) is 3.80. The average Bonchev–Trinajstić information content (AvgIpc) is 2.94. The summed E-state index contributed by atoms with van der Waals surface area (Å²) in [7, 11) is 0. The molecule has 3 rings (SSSR count). The second-order valence-corrected chi connectivity index (χ2v) is 4.77. The molecule has 1 aliphatic heterocycles. The van der Waals surface area contributed by atoms with Crippen LogP contribution in [0.15, 0.2) is 23.4 Å². The number of hydrogen-bond donors (Lipinski definition) is 1. The monoisotopic (exact) mass is 247 g/mol. The van der Waals surface area contributed by atoms with Crippen molar-refractivity contribution in [2.45, 2.75) is 31.3 Å². The van der Waals surface area contributed by atoms with E-state index in [1.54, 1.807) is 18.2 Å². The van der Waals surface area contributed by atoms with Gasteiger partial charge in [-0.15, -0.1) is 9.48 Å². The maximum atomic E-state index is 12.4. The quantitative estimate of drug-likeness (QED) is 0.244. The van der Waals surface area contributed by atoms with Crippen molar-refractivity contribution in [3.8, 4) is 0 Å². The average molecular weight is 247 g/mol. The van der Waals surface area contributed by atoms with Gasteiger partial charge in [0.25, 0.3) is 10.7 Å². The van der Waals surface area contributed by atoms with E-state index in [2.05, 4.69) is 5.16 Å². The third-order valence-electron chi connectivity index (χ3n) is 3.80. The lowest BCUT2D eigenvalue weighted by Gasteiger charge is -2.21. The Hall–Kier alpha value is -2.11. The van der Waals surface area contributed by atoms with Crippen LogP contribution >= 0.6 is 0 Å². The first-order valence-electron chi connectivity index (χ1n) is 5.95. The maximum absolute atomic E-state index is 12.4. The lowest BCUT2D eigenvalue weighted by atomic mass is 10.1. The highest BCUT2D eigenvalue weighted by Crippen LogP contribution is 2.31. The smallest absolute Gasteiger partial charge is 0.372 e. The van der Waals surface area contributed by atoms with Crippen molar-refractivity contribution < 1.29 is 5.21 Å². The minimum atomic E-state index is -0.947. The largest absolute Gasteiger partial charge is 0.618 e. The molecule has 94 valence electrons. The number of nitrogens with zero attached hydrogens (tertiary/aromatic N) is 3. The summed E-state index contributed by atoms with van der Waals surface area (Å²) in [6, 6.07) is 4.85. The minimum absolute atomic E-state index is 0.365. The molecule has 1 fully saturated rings. The third kappa shape index (κ3) is 1.25. The molecule has 1 aliphatic carbocycles. The van der Waals surface area contributed by atoms with Gasteiger partial charge >= 0.3 is 5.66 Å². The first-order chi connectivity index (χ1) is 8.69. The normalized spacial score (nSPS) is 21.1. The van der Waals surface area contributed by atoms with Crippen molar-refractivity contribution >= 4 is 6.21 Å². The molecule has 0 radical (unpaired) electrons. The summed E-state index contributed by atoms with van der Waals surface area (Å²) in [5, 5.41) is 36.8. The molecule has 1 saturated carbocycles. The van der Waals surface area contributed by atoms with E-state index in [4.69, 9.17) is 5.21 Å². The number of fused-ring (bicyclic) bond motifs is 1. The molecule has 0 atom stereocenters. The SMILES string of the molecule is [O-][N+]1=c2ccc(/C=N/O)cc2=[N+]([O-])C12CCCC2. The molecule has 0 amide bonds. The molecule has 2 aliphatic rings. The Kier molecular flexibility index (Phi) is 2.26. The van der Waals surface area contributed by atoms with Crippen LogP contribution in [0.1, 0.15) is 31.2 Å². The fourth-order valence-electron chi connectivity index (χ4n) is 2.90. The molecule has 0 saturated heterocycles. The van der Waals surface area contributed by atoms with Gasteiger partial charge < -0.3 is 15.6 Å². The Balaban J connectivity index is 2.29. The lowest BCUT2D eigenvalue weighted by Crippen LogP contribution is -2.49. The van der Waals surface area contributed by atoms with Gasteiger partial charge in [-0.05, 0) is 18.9 Å². The summed E-state index contributed by atoms with van der Waals surface area (Å²) in [5.74, 6) is 0. The molecular formula is C12H13N3O3. The van der Waals surface area contributed by atoms with Crippen LogP contribution in [-0.2, 0) is 0 Å². The Morgan fingerprint density at radius 1 is 1.17 bits per heavy atom. The van der Waals surface area contributed by atoms with Crippen LogP contribution in [-0.4, -0.2) is 17.1 Å². The highest BCUT2D eigenvalue weighted by atomic mass is 16.5. The number of hydrogen-bond acceptors (Lipinski definition) is 4. The van der Waals surface area contributed by atoms with Gasteiger partial charge in [0.2, 0.25) is 0 Å². The van der Waals surface area contributed by atoms with Gasteiger partial charge in [0.05, 0.1) is 19.1 Å². The van der Waals surface area contributed by atoms with E-state index in [1.165, 1.54) is 6.21 Å². The van der Waals surface area contributed by atoms with E-state index in [0.29, 0.717) is 29.1 Å². The molecule has 6 heteroatoms. The van der Waals surface area contributed by atoms with Crippen molar-refractivity contribution in [3.05, 3.63) is 44.9 Å². The topological polar surface area (TPSA) is 84.7 Å². The maximum Gasteiger partial charge on any atom is 0.372 e. The predicted molar refractivity (Wildman–Crippen MR) is 65.5 cm³/mol. The van der Waals surface area contributed by atoms with Crippen molar-refractivity contribution in [2.75, 3.05) is 0 Å². The number of oxime groups is 1. The summed E-state index contributed by atoms with van der Waals surface area (Å²) in [6.07, 6.45) is 4.23. The van der Waals surface area contributed by atoms with E-state index in [9.17, 15) is 10.4 Å². The van der Waals surface area contributed by atoms with Crippen LogP contribution in [0.4, 0.5) is 0 Å². The van der Waals surface area contributed by atoms with Crippen LogP contribution < -0.4 is 20.2 Å². The summed E-state index contributed by atoms with van der Waals surface area (Å²) in [4.78, 5) is 0. The number of rotatable bonds is 1. The zero-order chi connectivity index (χ0) is 12.8. The standard InChI is InChI=1S/C12H13N3O3/c16-13-8-9-3-4-10-11(7-9)15(18)12(14(10)17)5-1-2-6-12/h3-4,7-8,16H,1-2,5-6H2/b13-8+. The molecule has 1 aromatic rings. The Morgan fingerprint density at radius 2 is 1.83 bits per heavy atom. The van der Waals surface area contributed by atoms with Gasteiger partial charge in [0.1, 0.15) is 0 Å². The van der Waals surface area contributed by atoms with Gasteiger partial charge in [0, 0.05) is 17.7 Å². The molecule has 0 aromatic heterocycles. The van der Waals surface area contributed by atoms with Crippen molar-refractivity contribution in [3.63, 3.8) is 0 Å². The van der Waals surface area contributed by atoms with E-state index < -0.39 is 5.66 Å². The highest BCUT2D eigenvalue weighted by Gasteiger charge is 2.54. The van der Waals surface area contributed by atoms with Gasteiger partial charge in [-0.25, -0.2) is 0 Å². The Bertz CT molecular complexity index is 645. The van der Waals surface area contributed by atoms with Gasteiger partial charge in [0.15, 0.2) is 0 Å². The number of benzene rings is 1. The van der Waals surface area contributed by atoms with Crippen LogP contribution in [0.5, 0.6) is 0 Å². The molecule has 1 N–H and O–H groups in total. The summed E-state index contributed by atoms with van der Waals surface area (Å²) in [6.45, 7) is 0. The molecule has 0 unspecified atom stereocenters. The van der Waals surface area contributed by atoms with E-state index in [1.807, 2.05) is 0 Å². The minimum Gasteiger partial charge on any atom is -0.618 e. The van der Waals surface area contributed by atoms with Crippen LogP contribution in [0.25, 0.3) is 0 Å². The second kappa shape index (κ2) is 3.69. The van der Waals surface area contributed by atoms with Crippen LogP contribution in [0, 0.1) is 10.4 Å². The number of hydroxylamine groups is 2. The van der Waals surface area contributed by atoms with Crippen LogP contribution in [0.3, 0.4) is 0 Å². The first kappa shape index (κ1) is 11.0. The zero-order valence-corrected chi connectivity index (χ0v) is 9.74. The molecule has 0 bridgehead atoms. The summed E-state index contributed by atoms with van der Waals surface area (Å²) >= 11 is 0. The van der Waals surface area contributed by atoms with Crippen molar-refractivity contribution in [1.82, 2.24) is 9.48 Å². The second-order valence-electron chi connectivity index (χ2n) is 4.77. The van der Waals surface area contributed by atoms with Crippen LogP contribution in [0.2, 0.25) is 0 Å². The lowest BCUT2D eigenvalue weighted by molar-refractivity contribution is 0.267. The van der Waals surface area contributed by atoms with Crippen molar-refractivity contribution in [2.24, 2.45) is 5.16 Å². The molecule has 18 heavy (non-hydrogen) atoms. The van der Waals surface area contributed by atoms with Gasteiger partial charge in [-0.2, -0.15) is 0 Å². The van der Waals surface area contributed by atoms with E-state index >= 15 is 0 Å². The fraction of sp³-hybridized carbons (Fsp3) is 0.417. The zero-order valence-electron chi connectivity index (χ0n) is 9.74. The van der Waals surface area contributed by atoms with Gasteiger partial charge in [-0.1, -0.05) is 5.16 Å². The summed E-state index contributed by atoms with van der Waals surface area (Å²) < 4.78 is 1.68. The molecule has 1 aromatic carbocycles. The fourth-order valence-corrected chi connectivity index (χ4v) is 2.90. The molecule has 1 heterocycles. The molecule has 6 nitrogen and oxygen atoms in total. The van der Waals surface area contributed by atoms with E-state index in [0.717, 1.165) is 22.3 Å².